The van der Waals surface area contributed by atoms with E-state index in [0.29, 0.717) is 11.1 Å². The van der Waals surface area contributed by atoms with Gasteiger partial charge in [-0.1, -0.05) is 24.0 Å². The molecule has 0 radical (unpaired) electrons. The van der Waals surface area contributed by atoms with Gasteiger partial charge >= 0.3 is 0 Å². The summed E-state index contributed by atoms with van der Waals surface area (Å²) in [7, 11) is 0. The molecule has 92 valence electrons. The van der Waals surface area contributed by atoms with E-state index in [1.165, 1.54) is 0 Å². The van der Waals surface area contributed by atoms with Gasteiger partial charge in [-0.05, 0) is 54.1 Å². The third-order valence-corrected chi connectivity index (χ3v) is 2.63. The first kappa shape index (κ1) is 13.2. The lowest BCUT2D eigenvalue weighted by Crippen LogP contribution is -1.76. The van der Waals surface area contributed by atoms with Gasteiger partial charge in [0, 0.05) is 5.56 Å². The van der Waals surface area contributed by atoms with Crippen molar-refractivity contribution in [1.82, 2.24) is 0 Å². The Morgan fingerprint density at radius 1 is 0.700 bits per heavy atom. The van der Waals surface area contributed by atoms with Crippen LogP contribution in [0.1, 0.15) is 22.3 Å². The van der Waals surface area contributed by atoms with Gasteiger partial charge in [0.25, 0.3) is 0 Å². The summed E-state index contributed by atoms with van der Waals surface area (Å²) < 4.78 is 0. The molecule has 20 heavy (non-hydrogen) atoms. The largest absolute Gasteiger partial charge is 0.192 e. The minimum absolute atomic E-state index is 0.628. The number of hydrogen-bond acceptors (Lipinski definition) is 2. The summed E-state index contributed by atoms with van der Waals surface area (Å²) in [6.07, 6.45) is 3.65. The zero-order valence-corrected chi connectivity index (χ0v) is 10.7. The van der Waals surface area contributed by atoms with Gasteiger partial charge < -0.3 is 0 Å². The highest BCUT2D eigenvalue weighted by Gasteiger charge is 1.89. The van der Waals surface area contributed by atoms with Gasteiger partial charge in [0.1, 0.15) is 0 Å². The van der Waals surface area contributed by atoms with Crippen LogP contribution in [-0.2, 0) is 0 Å². The first-order valence-corrected chi connectivity index (χ1v) is 6.00. The van der Waals surface area contributed by atoms with E-state index in [1.807, 2.05) is 30.3 Å². The van der Waals surface area contributed by atoms with Gasteiger partial charge in [0.05, 0.1) is 23.3 Å². The molecule has 2 aromatic rings. The summed E-state index contributed by atoms with van der Waals surface area (Å²) in [6.45, 7) is 0. The third kappa shape index (κ3) is 3.61. The first-order chi connectivity index (χ1) is 9.81. The molecule has 0 aliphatic heterocycles. The number of hydrogen-bond donors (Lipinski definition) is 0. The normalized spacial score (nSPS) is 9.30. The van der Waals surface area contributed by atoms with Gasteiger partial charge in [0.2, 0.25) is 0 Å². The summed E-state index contributed by atoms with van der Waals surface area (Å²) >= 11 is 0. The molecule has 0 N–H and O–H groups in total. The average molecular weight is 254 g/mol. The molecule has 0 amide bonds. The Labute approximate surface area is 118 Å². The molecule has 0 unspecified atom stereocenters. The van der Waals surface area contributed by atoms with Crippen LogP contribution in [0.2, 0.25) is 0 Å². The Kier molecular flexibility index (Phi) is 4.34. The van der Waals surface area contributed by atoms with Gasteiger partial charge in [-0.2, -0.15) is 10.5 Å². The van der Waals surface area contributed by atoms with E-state index in [4.69, 9.17) is 10.5 Å². The number of nitriles is 2. The first-order valence-electron chi connectivity index (χ1n) is 6.00. The number of rotatable bonds is 1. The highest BCUT2D eigenvalue weighted by molar-refractivity contribution is 5.55. The third-order valence-electron chi connectivity index (χ3n) is 2.63. The van der Waals surface area contributed by atoms with E-state index in [9.17, 15) is 0 Å². The highest BCUT2D eigenvalue weighted by Crippen LogP contribution is 2.05. The molecule has 0 atom stereocenters. The smallest absolute Gasteiger partial charge is 0.0991 e. The molecule has 0 aromatic heterocycles. The maximum Gasteiger partial charge on any atom is 0.0991 e. The Bertz CT molecular complexity index is 756. The Morgan fingerprint density at radius 2 is 1.20 bits per heavy atom. The van der Waals surface area contributed by atoms with Crippen LogP contribution >= 0.6 is 0 Å². The molecule has 0 aliphatic carbocycles. The average Bonchev–Trinajstić information content (AvgIpc) is 2.53. The summed E-state index contributed by atoms with van der Waals surface area (Å²) in [4.78, 5) is 0. The van der Waals surface area contributed by atoms with Crippen LogP contribution in [0.25, 0.3) is 6.08 Å². The van der Waals surface area contributed by atoms with Crippen molar-refractivity contribution in [2.75, 3.05) is 0 Å². The van der Waals surface area contributed by atoms with Crippen molar-refractivity contribution in [2.24, 2.45) is 0 Å². The number of benzene rings is 2. The zero-order valence-electron chi connectivity index (χ0n) is 10.7. The Morgan fingerprint density at radius 3 is 1.75 bits per heavy atom. The standard InChI is InChI=1S/C18H10N2/c19-13-17-9-5-15(6-10-17)3-1-2-4-16-7-11-18(14-20)12-8-16/h1,3,5-12H/b3-1+. The van der Waals surface area contributed by atoms with Crippen molar-refractivity contribution < 1.29 is 0 Å². The second-order valence-electron chi connectivity index (χ2n) is 4.03. The molecule has 0 aliphatic rings. The topological polar surface area (TPSA) is 47.6 Å². The van der Waals surface area contributed by atoms with Crippen LogP contribution in [0.3, 0.4) is 0 Å². The minimum atomic E-state index is 0.628. The molecule has 2 aromatic carbocycles. The van der Waals surface area contributed by atoms with Crippen LogP contribution < -0.4 is 0 Å². The van der Waals surface area contributed by atoms with Crippen LogP contribution in [-0.4, -0.2) is 0 Å². The summed E-state index contributed by atoms with van der Waals surface area (Å²) in [5.74, 6) is 5.93. The maximum atomic E-state index is 8.70. The van der Waals surface area contributed by atoms with Crippen LogP contribution in [0, 0.1) is 34.5 Å². The van der Waals surface area contributed by atoms with E-state index in [-0.39, 0.29) is 0 Å². The van der Waals surface area contributed by atoms with E-state index in [1.54, 1.807) is 30.3 Å². The molecule has 2 heteroatoms. The fourth-order valence-electron chi connectivity index (χ4n) is 1.56. The van der Waals surface area contributed by atoms with Crippen molar-refractivity contribution in [3.05, 3.63) is 76.9 Å². The van der Waals surface area contributed by atoms with Crippen molar-refractivity contribution in [1.29, 1.82) is 10.5 Å². The lowest BCUT2D eigenvalue weighted by atomic mass is 10.1. The number of allylic oxidation sites excluding steroid dienone is 1. The predicted molar refractivity (Wildman–Crippen MR) is 78.2 cm³/mol. The lowest BCUT2D eigenvalue weighted by Gasteiger charge is -1.91. The van der Waals surface area contributed by atoms with Gasteiger partial charge in [0.15, 0.2) is 0 Å². The van der Waals surface area contributed by atoms with Crippen molar-refractivity contribution >= 4 is 6.08 Å². The summed E-state index contributed by atoms with van der Waals surface area (Å²) in [6, 6.07) is 18.6. The maximum absolute atomic E-state index is 8.70. The minimum Gasteiger partial charge on any atom is -0.192 e. The van der Waals surface area contributed by atoms with Crippen molar-refractivity contribution in [3.63, 3.8) is 0 Å². The van der Waals surface area contributed by atoms with Crippen molar-refractivity contribution in [2.45, 2.75) is 0 Å². The van der Waals surface area contributed by atoms with E-state index >= 15 is 0 Å². The van der Waals surface area contributed by atoms with Crippen molar-refractivity contribution in [3.8, 4) is 24.0 Å². The second-order valence-corrected chi connectivity index (χ2v) is 4.03. The highest BCUT2D eigenvalue weighted by atomic mass is 14.2. The van der Waals surface area contributed by atoms with Crippen LogP contribution in [0.15, 0.2) is 54.6 Å². The molecular formula is C18H10N2. The molecule has 0 spiro atoms. The predicted octanol–water partition coefficient (Wildman–Crippen LogP) is 3.49. The zero-order chi connectivity index (χ0) is 14.2. The molecule has 0 heterocycles. The molecule has 2 rings (SSSR count). The van der Waals surface area contributed by atoms with Crippen LogP contribution in [0.5, 0.6) is 0 Å². The Hall–Kier alpha value is -3.28. The monoisotopic (exact) mass is 254 g/mol. The summed E-state index contributed by atoms with van der Waals surface area (Å²) in [5, 5.41) is 17.4. The van der Waals surface area contributed by atoms with E-state index < -0.39 is 0 Å². The van der Waals surface area contributed by atoms with E-state index in [2.05, 4.69) is 24.0 Å². The quantitative estimate of drug-likeness (QED) is 0.731. The lowest BCUT2D eigenvalue weighted by molar-refractivity contribution is 1.48. The SMILES string of the molecule is N#Cc1ccc(C#C/C=C/c2ccc(C#N)cc2)cc1. The molecule has 0 bridgehead atoms. The fourth-order valence-corrected chi connectivity index (χ4v) is 1.56. The van der Waals surface area contributed by atoms with Gasteiger partial charge in [-0.25, -0.2) is 0 Å². The number of nitrogens with zero attached hydrogens (tertiary/aromatic N) is 2. The van der Waals surface area contributed by atoms with Gasteiger partial charge in [-0.15, -0.1) is 0 Å². The second kappa shape index (κ2) is 6.60. The fraction of sp³-hybridized carbons (Fsp3) is 0. The van der Waals surface area contributed by atoms with Gasteiger partial charge in [-0.3, -0.25) is 0 Å². The Balaban J connectivity index is 2.04. The van der Waals surface area contributed by atoms with Crippen LogP contribution in [0.4, 0.5) is 0 Å². The molecule has 0 fully saturated rings. The van der Waals surface area contributed by atoms with E-state index in [0.717, 1.165) is 11.1 Å². The molecule has 2 nitrogen and oxygen atoms in total. The molecule has 0 saturated carbocycles. The molecule has 0 saturated heterocycles. The molecular weight excluding hydrogens is 244 g/mol. The summed E-state index contributed by atoms with van der Waals surface area (Å²) in [5.41, 5.74) is 3.14.